The van der Waals surface area contributed by atoms with Crippen LogP contribution in [0.2, 0.25) is 0 Å². The zero-order chi connectivity index (χ0) is 13.1. The number of aromatic nitrogens is 1. The first kappa shape index (κ1) is 12.4. The molecule has 2 aromatic rings. The van der Waals surface area contributed by atoms with Crippen LogP contribution < -0.4 is 0 Å². The molecule has 0 saturated carbocycles. The van der Waals surface area contributed by atoms with E-state index in [1.807, 2.05) is 25.1 Å². The van der Waals surface area contributed by atoms with Gasteiger partial charge in [-0.1, -0.05) is 35.5 Å². The minimum absolute atomic E-state index is 0.811. The largest absolute Gasteiger partial charge is 0.379 e. The van der Waals surface area contributed by atoms with Crippen LogP contribution in [0.3, 0.4) is 0 Å². The molecule has 1 aliphatic heterocycles. The van der Waals surface area contributed by atoms with Crippen LogP contribution in [0.25, 0.3) is 11.3 Å². The first-order valence-electron chi connectivity index (χ1n) is 6.65. The topological polar surface area (TPSA) is 38.5 Å². The summed E-state index contributed by atoms with van der Waals surface area (Å²) in [7, 11) is 0. The summed E-state index contributed by atoms with van der Waals surface area (Å²) in [6.45, 7) is 6.42. The summed E-state index contributed by atoms with van der Waals surface area (Å²) in [5.41, 5.74) is 3.26. The quantitative estimate of drug-likeness (QED) is 0.847. The number of rotatable bonds is 3. The fraction of sp³-hybridized carbons (Fsp3) is 0.400. The van der Waals surface area contributed by atoms with Gasteiger partial charge in [-0.3, -0.25) is 4.90 Å². The molecule has 2 heterocycles. The molecule has 4 heteroatoms. The Kier molecular flexibility index (Phi) is 3.62. The average molecular weight is 258 g/mol. The SMILES string of the molecule is Cc1onc(-c2ccccc2)c1CN1CCOCC1. The summed E-state index contributed by atoms with van der Waals surface area (Å²) in [6, 6.07) is 10.2. The van der Waals surface area contributed by atoms with Gasteiger partial charge in [-0.25, -0.2) is 0 Å². The fourth-order valence-electron chi connectivity index (χ4n) is 2.38. The predicted molar refractivity (Wildman–Crippen MR) is 72.8 cm³/mol. The smallest absolute Gasteiger partial charge is 0.138 e. The lowest BCUT2D eigenvalue weighted by Gasteiger charge is -2.26. The highest BCUT2D eigenvalue weighted by Gasteiger charge is 2.19. The molecule has 1 saturated heterocycles. The van der Waals surface area contributed by atoms with E-state index in [1.54, 1.807) is 0 Å². The summed E-state index contributed by atoms with van der Waals surface area (Å²) in [4.78, 5) is 2.38. The van der Waals surface area contributed by atoms with E-state index in [2.05, 4.69) is 22.2 Å². The van der Waals surface area contributed by atoms with Crippen LogP contribution in [0.4, 0.5) is 0 Å². The number of aryl methyl sites for hydroxylation is 1. The molecule has 0 bridgehead atoms. The molecule has 1 fully saturated rings. The van der Waals surface area contributed by atoms with Gasteiger partial charge in [-0.05, 0) is 6.92 Å². The van der Waals surface area contributed by atoms with E-state index in [1.165, 1.54) is 5.56 Å². The molecule has 0 unspecified atom stereocenters. The first-order chi connectivity index (χ1) is 9.34. The van der Waals surface area contributed by atoms with Crippen LogP contribution >= 0.6 is 0 Å². The molecular weight excluding hydrogens is 240 g/mol. The third-order valence-electron chi connectivity index (χ3n) is 3.52. The summed E-state index contributed by atoms with van der Waals surface area (Å²) in [5.74, 6) is 0.908. The van der Waals surface area contributed by atoms with E-state index in [9.17, 15) is 0 Å². The monoisotopic (exact) mass is 258 g/mol. The fourth-order valence-corrected chi connectivity index (χ4v) is 2.38. The van der Waals surface area contributed by atoms with E-state index in [0.717, 1.165) is 49.9 Å². The molecule has 0 aliphatic carbocycles. The van der Waals surface area contributed by atoms with E-state index >= 15 is 0 Å². The third kappa shape index (κ3) is 2.69. The van der Waals surface area contributed by atoms with E-state index in [4.69, 9.17) is 9.26 Å². The average Bonchev–Trinajstić information content (AvgIpc) is 2.82. The molecule has 0 atom stereocenters. The van der Waals surface area contributed by atoms with Crippen LogP contribution in [-0.2, 0) is 11.3 Å². The molecule has 0 spiro atoms. The lowest BCUT2D eigenvalue weighted by atomic mass is 10.1. The molecule has 1 aromatic heterocycles. The van der Waals surface area contributed by atoms with Crippen LogP contribution in [0.1, 0.15) is 11.3 Å². The third-order valence-corrected chi connectivity index (χ3v) is 3.52. The van der Waals surface area contributed by atoms with Crippen molar-refractivity contribution in [2.75, 3.05) is 26.3 Å². The number of hydrogen-bond donors (Lipinski definition) is 0. The van der Waals surface area contributed by atoms with Crippen molar-refractivity contribution in [2.24, 2.45) is 0 Å². The zero-order valence-electron chi connectivity index (χ0n) is 11.1. The highest BCUT2D eigenvalue weighted by atomic mass is 16.5. The number of ether oxygens (including phenoxy) is 1. The Morgan fingerprint density at radius 3 is 2.63 bits per heavy atom. The molecule has 100 valence electrons. The van der Waals surface area contributed by atoms with E-state index in [-0.39, 0.29) is 0 Å². The maximum Gasteiger partial charge on any atom is 0.138 e. The van der Waals surface area contributed by atoms with Crippen LogP contribution in [0.5, 0.6) is 0 Å². The van der Waals surface area contributed by atoms with Gasteiger partial charge in [0, 0.05) is 30.8 Å². The van der Waals surface area contributed by atoms with E-state index < -0.39 is 0 Å². The van der Waals surface area contributed by atoms with Crippen molar-refractivity contribution < 1.29 is 9.26 Å². The standard InChI is InChI=1S/C15H18N2O2/c1-12-14(11-17-7-9-18-10-8-17)15(16-19-12)13-5-3-2-4-6-13/h2-6H,7-11H2,1H3. The number of hydrogen-bond acceptors (Lipinski definition) is 4. The highest BCUT2D eigenvalue weighted by Crippen LogP contribution is 2.26. The molecule has 0 radical (unpaired) electrons. The van der Waals surface area contributed by atoms with Crippen molar-refractivity contribution in [3.8, 4) is 11.3 Å². The minimum Gasteiger partial charge on any atom is -0.379 e. The van der Waals surface area contributed by atoms with Gasteiger partial charge in [0.15, 0.2) is 0 Å². The van der Waals surface area contributed by atoms with Gasteiger partial charge in [0.2, 0.25) is 0 Å². The van der Waals surface area contributed by atoms with Crippen LogP contribution in [0.15, 0.2) is 34.9 Å². The Morgan fingerprint density at radius 1 is 1.16 bits per heavy atom. The molecule has 19 heavy (non-hydrogen) atoms. The van der Waals surface area contributed by atoms with E-state index in [0.29, 0.717) is 0 Å². The van der Waals surface area contributed by atoms with Crippen LogP contribution in [-0.4, -0.2) is 36.4 Å². The lowest BCUT2D eigenvalue weighted by molar-refractivity contribution is 0.0340. The molecule has 1 aliphatic rings. The second-order valence-corrected chi connectivity index (χ2v) is 4.82. The molecule has 4 nitrogen and oxygen atoms in total. The van der Waals surface area contributed by atoms with Gasteiger partial charge in [0.05, 0.1) is 13.2 Å². The summed E-state index contributed by atoms with van der Waals surface area (Å²) < 4.78 is 10.8. The maximum absolute atomic E-state index is 5.38. The van der Waals surface area contributed by atoms with Gasteiger partial charge in [0.25, 0.3) is 0 Å². The number of nitrogens with zero attached hydrogens (tertiary/aromatic N) is 2. The Morgan fingerprint density at radius 2 is 1.89 bits per heavy atom. The van der Waals surface area contributed by atoms with Crippen molar-refractivity contribution >= 4 is 0 Å². The van der Waals surface area contributed by atoms with Gasteiger partial charge in [-0.2, -0.15) is 0 Å². The van der Waals surface area contributed by atoms with Crippen molar-refractivity contribution in [1.29, 1.82) is 0 Å². The Bertz CT molecular complexity index is 530. The normalized spacial score (nSPS) is 16.7. The van der Waals surface area contributed by atoms with Gasteiger partial charge in [-0.15, -0.1) is 0 Å². The number of benzene rings is 1. The predicted octanol–water partition coefficient (Wildman–Crippen LogP) is 2.48. The second-order valence-electron chi connectivity index (χ2n) is 4.82. The number of morpholine rings is 1. The minimum atomic E-state index is 0.811. The highest BCUT2D eigenvalue weighted by molar-refractivity contribution is 5.63. The molecule has 0 amide bonds. The Balaban J connectivity index is 1.86. The van der Waals surface area contributed by atoms with Crippen molar-refractivity contribution in [3.63, 3.8) is 0 Å². The van der Waals surface area contributed by atoms with Crippen LogP contribution in [0, 0.1) is 6.92 Å². The summed E-state index contributed by atoms with van der Waals surface area (Å²) in [5, 5.41) is 4.22. The summed E-state index contributed by atoms with van der Waals surface area (Å²) >= 11 is 0. The summed E-state index contributed by atoms with van der Waals surface area (Å²) in [6.07, 6.45) is 0. The molecular formula is C15H18N2O2. The van der Waals surface area contributed by atoms with Gasteiger partial charge < -0.3 is 9.26 Å². The zero-order valence-corrected chi connectivity index (χ0v) is 11.1. The first-order valence-corrected chi connectivity index (χ1v) is 6.65. The Labute approximate surface area is 113 Å². The molecule has 0 N–H and O–H groups in total. The molecule has 3 rings (SSSR count). The van der Waals surface area contributed by atoms with Crippen molar-refractivity contribution in [2.45, 2.75) is 13.5 Å². The van der Waals surface area contributed by atoms with Crippen molar-refractivity contribution in [1.82, 2.24) is 10.1 Å². The maximum atomic E-state index is 5.38. The molecule has 1 aromatic carbocycles. The second kappa shape index (κ2) is 5.55. The van der Waals surface area contributed by atoms with Gasteiger partial charge >= 0.3 is 0 Å². The van der Waals surface area contributed by atoms with Crippen molar-refractivity contribution in [3.05, 3.63) is 41.7 Å². The lowest BCUT2D eigenvalue weighted by Crippen LogP contribution is -2.35. The Hall–Kier alpha value is -1.65. The van der Waals surface area contributed by atoms with Gasteiger partial charge in [0.1, 0.15) is 11.5 Å².